The fourth-order valence-electron chi connectivity index (χ4n) is 2.05. The molecule has 1 saturated heterocycles. The zero-order valence-corrected chi connectivity index (χ0v) is 12.4. The predicted molar refractivity (Wildman–Crippen MR) is 82.7 cm³/mol. The summed E-state index contributed by atoms with van der Waals surface area (Å²) in [5.41, 5.74) is 0.915. The number of nitrogens with one attached hydrogen (secondary N) is 2. The third kappa shape index (κ3) is 3.67. The highest BCUT2D eigenvalue weighted by Gasteiger charge is 2.18. The van der Waals surface area contributed by atoms with Gasteiger partial charge in [0, 0.05) is 13.1 Å². The minimum atomic E-state index is -0.0484. The molecule has 2 aromatic rings. The molecule has 1 aromatic carbocycles. The van der Waals surface area contributed by atoms with E-state index in [0.717, 1.165) is 23.3 Å². The van der Waals surface area contributed by atoms with Gasteiger partial charge in [0.15, 0.2) is 5.13 Å². The van der Waals surface area contributed by atoms with E-state index in [1.54, 1.807) is 0 Å². The number of carbonyl (C=O) groups is 1. The van der Waals surface area contributed by atoms with Crippen molar-refractivity contribution in [2.75, 3.05) is 25.0 Å². The lowest BCUT2D eigenvalue weighted by Gasteiger charge is -2.22. The molecule has 1 aromatic heterocycles. The maximum atomic E-state index is 11.9. The van der Waals surface area contributed by atoms with Gasteiger partial charge in [0.05, 0.1) is 29.3 Å². The van der Waals surface area contributed by atoms with E-state index < -0.39 is 0 Å². The van der Waals surface area contributed by atoms with Crippen LogP contribution in [-0.2, 0) is 9.53 Å². The number of amides is 1. The second-order valence-electron chi connectivity index (χ2n) is 4.44. The van der Waals surface area contributed by atoms with Crippen LogP contribution < -0.4 is 10.6 Å². The van der Waals surface area contributed by atoms with E-state index in [1.807, 2.05) is 24.3 Å². The summed E-state index contributed by atoms with van der Waals surface area (Å²) in [4.78, 5) is 16.3. The van der Waals surface area contributed by atoms with Crippen molar-refractivity contribution in [3.63, 3.8) is 0 Å². The normalized spacial score (nSPS) is 18.5. The SMILES string of the molecule is Cl.O=C(CC1CNCCO1)Nc1nc2ccccc2s1. The van der Waals surface area contributed by atoms with Crippen LogP contribution in [0.3, 0.4) is 0 Å². The molecule has 1 atom stereocenters. The number of para-hydroxylation sites is 1. The molecule has 2 heterocycles. The quantitative estimate of drug-likeness (QED) is 0.910. The molecule has 1 aliphatic heterocycles. The van der Waals surface area contributed by atoms with Gasteiger partial charge in [-0.05, 0) is 12.1 Å². The smallest absolute Gasteiger partial charge is 0.228 e. The van der Waals surface area contributed by atoms with E-state index >= 15 is 0 Å². The number of rotatable bonds is 3. The first kappa shape index (κ1) is 15.2. The van der Waals surface area contributed by atoms with E-state index in [4.69, 9.17) is 4.74 Å². The van der Waals surface area contributed by atoms with Crippen molar-refractivity contribution < 1.29 is 9.53 Å². The first-order valence-corrected chi connectivity index (χ1v) is 7.10. The number of anilines is 1. The standard InChI is InChI=1S/C13H15N3O2S.ClH/c17-12(7-9-8-14-5-6-18-9)16-13-15-10-3-1-2-4-11(10)19-13;/h1-4,9,14H,5-8H2,(H,15,16,17);1H. The zero-order chi connectivity index (χ0) is 13.1. The molecule has 1 unspecified atom stereocenters. The van der Waals surface area contributed by atoms with Crippen LogP contribution in [0.5, 0.6) is 0 Å². The maximum absolute atomic E-state index is 11.9. The number of hydrogen-bond donors (Lipinski definition) is 2. The molecule has 0 radical (unpaired) electrons. The largest absolute Gasteiger partial charge is 0.375 e. The van der Waals surface area contributed by atoms with Crippen molar-refractivity contribution in [3.8, 4) is 0 Å². The fourth-order valence-corrected chi connectivity index (χ4v) is 2.94. The Balaban J connectivity index is 0.00000147. The van der Waals surface area contributed by atoms with Crippen LogP contribution in [0.25, 0.3) is 10.2 Å². The summed E-state index contributed by atoms with van der Waals surface area (Å²) in [6.45, 7) is 2.25. The number of fused-ring (bicyclic) bond motifs is 1. The molecule has 5 nitrogen and oxygen atoms in total. The molecule has 1 amide bonds. The number of thiazole rings is 1. The number of aromatic nitrogens is 1. The molecule has 0 aliphatic carbocycles. The maximum Gasteiger partial charge on any atom is 0.228 e. The molecular weight excluding hydrogens is 298 g/mol. The van der Waals surface area contributed by atoms with Crippen LogP contribution in [0, 0.1) is 0 Å². The van der Waals surface area contributed by atoms with E-state index in [-0.39, 0.29) is 24.4 Å². The molecule has 7 heteroatoms. The summed E-state index contributed by atoms with van der Waals surface area (Å²) in [7, 11) is 0. The predicted octanol–water partition coefficient (Wildman–Crippen LogP) is 2.04. The number of carbonyl (C=O) groups excluding carboxylic acids is 1. The summed E-state index contributed by atoms with van der Waals surface area (Å²) >= 11 is 1.49. The highest BCUT2D eigenvalue weighted by Crippen LogP contribution is 2.25. The molecule has 0 saturated carbocycles. The highest BCUT2D eigenvalue weighted by atomic mass is 35.5. The van der Waals surface area contributed by atoms with Gasteiger partial charge in [0.2, 0.25) is 5.91 Å². The lowest BCUT2D eigenvalue weighted by Crippen LogP contribution is -2.40. The first-order valence-electron chi connectivity index (χ1n) is 6.29. The molecular formula is C13H16ClN3O2S. The van der Waals surface area contributed by atoms with E-state index in [2.05, 4.69) is 15.6 Å². The number of morpholine rings is 1. The molecule has 0 bridgehead atoms. The van der Waals surface area contributed by atoms with Gasteiger partial charge in [-0.25, -0.2) is 4.98 Å². The van der Waals surface area contributed by atoms with Gasteiger partial charge < -0.3 is 15.4 Å². The van der Waals surface area contributed by atoms with Crippen LogP contribution in [0.1, 0.15) is 6.42 Å². The van der Waals surface area contributed by atoms with Crippen LogP contribution in [0.2, 0.25) is 0 Å². The molecule has 0 spiro atoms. The van der Waals surface area contributed by atoms with Gasteiger partial charge in [-0.2, -0.15) is 0 Å². The fraction of sp³-hybridized carbons (Fsp3) is 0.385. The summed E-state index contributed by atoms with van der Waals surface area (Å²) in [5, 5.41) is 6.69. The number of benzene rings is 1. The van der Waals surface area contributed by atoms with Gasteiger partial charge in [0.25, 0.3) is 0 Å². The van der Waals surface area contributed by atoms with Crippen LogP contribution >= 0.6 is 23.7 Å². The lowest BCUT2D eigenvalue weighted by atomic mass is 10.2. The third-order valence-corrected chi connectivity index (χ3v) is 3.91. The van der Waals surface area contributed by atoms with E-state index in [9.17, 15) is 4.79 Å². The van der Waals surface area contributed by atoms with Gasteiger partial charge in [-0.1, -0.05) is 23.5 Å². The van der Waals surface area contributed by atoms with Gasteiger partial charge in [-0.3, -0.25) is 4.79 Å². The summed E-state index contributed by atoms with van der Waals surface area (Å²) in [5.74, 6) is -0.0484. The lowest BCUT2D eigenvalue weighted by molar-refractivity contribution is -0.119. The zero-order valence-electron chi connectivity index (χ0n) is 10.8. The summed E-state index contributed by atoms with van der Waals surface area (Å²) < 4.78 is 6.58. The van der Waals surface area contributed by atoms with Crippen LogP contribution in [-0.4, -0.2) is 36.7 Å². The summed E-state index contributed by atoms with van der Waals surface area (Å²) in [6, 6.07) is 7.84. The Hall–Kier alpha value is -1.21. The highest BCUT2D eigenvalue weighted by molar-refractivity contribution is 7.22. The second kappa shape index (κ2) is 6.99. The van der Waals surface area contributed by atoms with Crippen molar-refractivity contribution in [3.05, 3.63) is 24.3 Å². The summed E-state index contributed by atoms with van der Waals surface area (Å²) in [6.07, 6.45) is 0.325. The number of halogens is 1. The Morgan fingerprint density at radius 2 is 2.35 bits per heavy atom. The first-order chi connectivity index (χ1) is 9.31. The Bertz CT molecular complexity index is 551. The van der Waals surface area contributed by atoms with Crippen molar-refractivity contribution in [1.29, 1.82) is 0 Å². The van der Waals surface area contributed by atoms with Crippen LogP contribution in [0.15, 0.2) is 24.3 Å². The van der Waals surface area contributed by atoms with Crippen molar-refractivity contribution in [2.45, 2.75) is 12.5 Å². The van der Waals surface area contributed by atoms with Gasteiger partial charge in [-0.15, -0.1) is 12.4 Å². The van der Waals surface area contributed by atoms with Gasteiger partial charge >= 0.3 is 0 Å². The molecule has 2 N–H and O–H groups in total. The van der Waals surface area contributed by atoms with Crippen LogP contribution in [0.4, 0.5) is 5.13 Å². The minimum Gasteiger partial charge on any atom is -0.375 e. The molecule has 1 fully saturated rings. The second-order valence-corrected chi connectivity index (χ2v) is 5.47. The van der Waals surface area contributed by atoms with Crippen molar-refractivity contribution in [2.24, 2.45) is 0 Å². The van der Waals surface area contributed by atoms with Crippen molar-refractivity contribution >= 4 is 45.0 Å². The Labute approximate surface area is 127 Å². The molecule has 20 heavy (non-hydrogen) atoms. The number of ether oxygens (including phenoxy) is 1. The Morgan fingerprint density at radius 3 is 3.10 bits per heavy atom. The van der Waals surface area contributed by atoms with E-state index in [0.29, 0.717) is 18.2 Å². The topological polar surface area (TPSA) is 63.2 Å². The molecule has 1 aliphatic rings. The third-order valence-electron chi connectivity index (χ3n) is 2.96. The monoisotopic (exact) mass is 313 g/mol. The Morgan fingerprint density at radius 1 is 1.50 bits per heavy atom. The number of nitrogens with zero attached hydrogens (tertiary/aromatic N) is 1. The van der Waals surface area contributed by atoms with Crippen molar-refractivity contribution in [1.82, 2.24) is 10.3 Å². The molecule has 3 rings (SSSR count). The van der Waals surface area contributed by atoms with Gasteiger partial charge in [0.1, 0.15) is 0 Å². The average Bonchev–Trinajstić information content (AvgIpc) is 2.81. The molecule has 108 valence electrons. The Kier molecular flexibility index (Phi) is 5.31. The number of hydrogen-bond acceptors (Lipinski definition) is 5. The minimum absolute atomic E-state index is 0. The average molecular weight is 314 g/mol. The van der Waals surface area contributed by atoms with E-state index in [1.165, 1.54) is 11.3 Å².